The van der Waals surface area contributed by atoms with Crippen molar-refractivity contribution < 1.29 is 9.53 Å². The molecule has 0 aliphatic rings. The molecule has 0 aromatic rings. The van der Waals surface area contributed by atoms with Gasteiger partial charge < -0.3 is 4.74 Å². The van der Waals surface area contributed by atoms with Gasteiger partial charge in [0.05, 0.1) is 13.0 Å². The van der Waals surface area contributed by atoms with E-state index in [2.05, 4.69) is 0 Å². The molecule has 0 unspecified atom stereocenters. The zero-order valence-electron chi connectivity index (χ0n) is 8.17. The lowest BCUT2D eigenvalue weighted by molar-refractivity contribution is -0.143. The van der Waals surface area contributed by atoms with E-state index in [1.165, 1.54) is 0 Å². The summed E-state index contributed by atoms with van der Waals surface area (Å²) in [4.78, 5) is 10.9. The summed E-state index contributed by atoms with van der Waals surface area (Å²) in [5, 5.41) is 0. The highest BCUT2D eigenvalue weighted by Gasteiger charge is 2.00. The van der Waals surface area contributed by atoms with Crippen LogP contribution in [-0.2, 0) is 9.53 Å². The number of rotatable bonds is 5. The third-order valence-electron chi connectivity index (χ3n) is 1.26. The van der Waals surface area contributed by atoms with Crippen LogP contribution in [-0.4, -0.2) is 12.6 Å². The van der Waals surface area contributed by atoms with Crippen LogP contribution in [0.1, 0.15) is 33.6 Å². The number of esters is 1. The van der Waals surface area contributed by atoms with Gasteiger partial charge in [0.1, 0.15) is 0 Å². The van der Waals surface area contributed by atoms with Crippen molar-refractivity contribution in [3.05, 3.63) is 12.2 Å². The second kappa shape index (κ2) is 6.89. The monoisotopic (exact) mass is 170 g/mol. The lowest BCUT2D eigenvalue weighted by Crippen LogP contribution is -2.08. The van der Waals surface area contributed by atoms with Gasteiger partial charge in [-0.25, -0.2) is 0 Å². The molecule has 12 heavy (non-hydrogen) atoms. The van der Waals surface area contributed by atoms with Crippen molar-refractivity contribution in [1.82, 2.24) is 0 Å². The summed E-state index contributed by atoms with van der Waals surface area (Å²) in [6.45, 7) is 6.61. The summed E-state index contributed by atoms with van der Waals surface area (Å²) < 4.78 is 4.96. The molecule has 0 radical (unpaired) electrons. The lowest BCUT2D eigenvalue weighted by atomic mass is 10.2. The molecule has 0 aliphatic carbocycles. The molecule has 70 valence electrons. The van der Waals surface area contributed by atoms with Crippen molar-refractivity contribution in [2.75, 3.05) is 6.61 Å². The van der Waals surface area contributed by atoms with Gasteiger partial charge in [-0.2, -0.15) is 0 Å². The second-order valence-corrected chi connectivity index (χ2v) is 3.16. The van der Waals surface area contributed by atoms with E-state index in [1.54, 1.807) is 0 Å². The van der Waals surface area contributed by atoms with E-state index in [1.807, 2.05) is 32.9 Å². The van der Waals surface area contributed by atoms with Crippen molar-refractivity contribution in [2.45, 2.75) is 33.6 Å². The molecule has 0 rings (SSSR count). The largest absolute Gasteiger partial charge is 0.465 e. The van der Waals surface area contributed by atoms with Gasteiger partial charge in [-0.15, -0.1) is 0 Å². The van der Waals surface area contributed by atoms with Gasteiger partial charge in [0.25, 0.3) is 0 Å². The van der Waals surface area contributed by atoms with Gasteiger partial charge in [0, 0.05) is 0 Å². The summed E-state index contributed by atoms with van der Waals surface area (Å²) in [7, 11) is 0. The van der Waals surface area contributed by atoms with Crippen LogP contribution in [0.25, 0.3) is 0 Å². The molecule has 0 spiro atoms. The molecule has 2 nitrogen and oxygen atoms in total. The van der Waals surface area contributed by atoms with E-state index in [4.69, 9.17) is 4.74 Å². The second-order valence-electron chi connectivity index (χ2n) is 3.16. The van der Waals surface area contributed by atoms with Crippen molar-refractivity contribution in [1.29, 1.82) is 0 Å². The van der Waals surface area contributed by atoms with E-state index < -0.39 is 0 Å². The molecular formula is C10H18O2. The van der Waals surface area contributed by atoms with Crippen LogP contribution in [0.3, 0.4) is 0 Å². The highest BCUT2D eigenvalue weighted by Crippen LogP contribution is 1.96. The van der Waals surface area contributed by atoms with Gasteiger partial charge in [0.15, 0.2) is 0 Å². The van der Waals surface area contributed by atoms with Crippen LogP contribution >= 0.6 is 0 Å². The summed E-state index contributed by atoms with van der Waals surface area (Å²) in [6, 6.07) is 0. The Hall–Kier alpha value is -0.790. The maximum Gasteiger partial charge on any atom is 0.309 e. The fourth-order valence-electron chi connectivity index (χ4n) is 0.665. The van der Waals surface area contributed by atoms with Gasteiger partial charge >= 0.3 is 5.97 Å². The third kappa shape index (κ3) is 7.32. The highest BCUT2D eigenvalue weighted by atomic mass is 16.5. The highest BCUT2D eigenvalue weighted by molar-refractivity contribution is 5.71. The first-order valence-electron chi connectivity index (χ1n) is 4.47. The van der Waals surface area contributed by atoms with E-state index >= 15 is 0 Å². The normalized spacial score (nSPS) is 11.0. The minimum absolute atomic E-state index is 0.131. The molecule has 0 amide bonds. The number of hydrogen-bond donors (Lipinski definition) is 0. The lowest BCUT2D eigenvalue weighted by Gasteiger charge is -2.04. The van der Waals surface area contributed by atoms with Crippen molar-refractivity contribution >= 4 is 5.97 Å². The molecule has 0 bridgehead atoms. The van der Waals surface area contributed by atoms with E-state index in [-0.39, 0.29) is 5.97 Å². The predicted octanol–water partition coefficient (Wildman–Crippen LogP) is 2.54. The average molecular weight is 170 g/mol. The number of ether oxygens (including phenoxy) is 1. The van der Waals surface area contributed by atoms with Crippen LogP contribution < -0.4 is 0 Å². The topological polar surface area (TPSA) is 26.3 Å². The van der Waals surface area contributed by atoms with E-state index in [0.29, 0.717) is 18.9 Å². The van der Waals surface area contributed by atoms with Gasteiger partial charge in [-0.05, 0) is 12.3 Å². The predicted molar refractivity (Wildman–Crippen MR) is 49.8 cm³/mol. The molecule has 0 N–H and O–H groups in total. The number of carbonyl (C=O) groups is 1. The first kappa shape index (κ1) is 11.2. The van der Waals surface area contributed by atoms with E-state index in [9.17, 15) is 4.79 Å². The Bertz CT molecular complexity index is 148. The minimum Gasteiger partial charge on any atom is -0.465 e. The van der Waals surface area contributed by atoms with Gasteiger partial charge in [-0.3, -0.25) is 4.79 Å². The van der Waals surface area contributed by atoms with Crippen LogP contribution in [0, 0.1) is 5.92 Å². The molecular weight excluding hydrogens is 152 g/mol. The van der Waals surface area contributed by atoms with Gasteiger partial charge in [0.2, 0.25) is 0 Å². The number of allylic oxidation sites excluding steroid dienone is 1. The molecule has 0 aromatic heterocycles. The molecule has 0 saturated heterocycles. The Kier molecular flexibility index (Phi) is 6.44. The maximum atomic E-state index is 10.9. The van der Waals surface area contributed by atoms with Crippen molar-refractivity contribution in [2.24, 2.45) is 5.92 Å². The third-order valence-corrected chi connectivity index (χ3v) is 1.26. The Morgan fingerprint density at radius 1 is 1.42 bits per heavy atom. The molecule has 0 saturated carbocycles. The fourth-order valence-corrected chi connectivity index (χ4v) is 0.665. The quantitative estimate of drug-likeness (QED) is 0.468. The van der Waals surface area contributed by atoms with Crippen LogP contribution in [0.2, 0.25) is 0 Å². The Morgan fingerprint density at radius 3 is 2.58 bits per heavy atom. The molecule has 0 fully saturated rings. The zero-order valence-corrected chi connectivity index (χ0v) is 8.17. The Morgan fingerprint density at radius 2 is 2.08 bits per heavy atom. The summed E-state index contributed by atoms with van der Waals surface area (Å²) >= 11 is 0. The Balaban J connectivity index is 3.40. The summed E-state index contributed by atoms with van der Waals surface area (Å²) in [6.07, 6.45) is 5.19. The number of carbonyl (C=O) groups excluding carboxylic acids is 1. The van der Waals surface area contributed by atoms with Crippen LogP contribution in [0.15, 0.2) is 12.2 Å². The van der Waals surface area contributed by atoms with Gasteiger partial charge in [-0.1, -0.05) is 32.9 Å². The first-order chi connectivity index (χ1) is 5.66. The summed E-state index contributed by atoms with van der Waals surface area (Å²) in [5.74, 6) is 0.289. The van der Waals surface area contributed by atoms with Crippen LogP contribution in [0.5, 0.6) is 0 Å². The average Bonchev–Trinajstić information content (AvgIpc) is 2.01. The standard InChI is InChI=1S/C10H18O2/c1-4-5-6-7-10(11)12-8-9(2)3/h5-6,9H,4,7-8H2,1-3H3. The maximum absolute atomic E-state index is 10.9. The number of hydrogen-bond acceptors (Lipinski definition) is 2. The Labute approximate surface area is 74.6 Å². The molecule has 0 atom stereocenters. The van der Waals surface area contributed by atoms with Crippen molar-refractivity contribution in [3.8, 4) is 0 Å². The molecule has 0 aliphatic heterocycles. The minimum atomic E-state index is -0.131. The molecule has 2 heteroatoms. The molecule has 0 heterocycles. The van der Waals surface area contributed by atoms with Crippen LogP contribution in [0.4, 0.5) is 0 Å². The summed E-state index contributed by atoms with van der Waals surface area (Å²) in [5.41, 5.74) is 0. The SMILES string of the molecule is CCC=CCC(=O)OCC(C)C. The smallest absolute Gasteiger partial charge is 0.309 e. The van der Waals surface area contributed by atoms with Crippen molar-refractivity contribution in [3.63, 3.8) is 0 Å². The fraction of sp³-hybridized carbons (Fsp3) is 0.700. The van der Waals surface area contributed by atoms with E-state index in [0.717, 1.165) is 6.42 Å². The zero-order chi connectivity index (χ0) is 9.40. The molecule has 0 aromatic carbocycles. The first-order valence-corrected chi connectivity index (χ1v) is 4.47.